The van der Waals surface area contributed by atoms with Gasteiger partial charge in [0.25, 0.3) is 0 Å². The van der Waals surface area contributed by atoms with Gasteiger partial charge in [0.15, 0.2) is 5.58 Å². The molecule has 2 aromatic heterocycles. The Kier molecular flexibility index (Phi) is 9.04. The van der Waals surface area contributed by atoms with Crippen LogP contribution in [0.3, 0.4) is 0 Å². The fraction of sp³-hybridized carbons (Fsp3) is 0.0508. The van der Waals surface area contributed by atoms with Crippen LogP contribution in [-0.4, -0.2) is 8.07 Å². The summed E-state index contributed by atoms with van der Waals surface area (Å²) in [7, 11) is -1.42. The van der Waals surface area contributed by atoms with Crippen LogP contribution in [0.1, 0.15) is 0 Å². The lowest BCUT2D eigenvalue weighted by Crippen LogP contribution is -2.37. The van der Waals surface area contributed by atoms with Crippen LogP contribution < -0.4 is 15.0 Å². The lowest BCUT2D eigenvalue weighted by molar-refractivity contribution is 0.669. The Bertz CT molecular complexity index is 3700. The van der Waals surface area contributed by atoms with E-state index >= 15 is 0 Å². The van der Waals surface area contributed by atoms with E-state index in [2.05, 4.69) is 236 Å². The average molecular weight is 857 g/mol. The summed E-state index contributed by atoms with van der Waals surface area (Å²) in [6.45, 7) is 7.20. The number of rotatable bonds is 8. The molecule has 0 aliphatic carbocycles. The number of nitrogens with zero attached hydrogens (tertiary/aromatic N) is 2. The van der Waals surface area contributed by atoms with Crippen LogP contribution in [0.5, 0.6) is 0 Å². The van der Waals surface area contributed by atoms with Gasteiger partial charge >= 0.3 is 0 Å². The van der Waals surface area contributed by atoms with Crippen molar-refractivity contribution in [2.75, 3.05) is 9.80 Å². The summed E-state index contributed by atoms with van der Waals surface area (Å²) in [6.07, 6.45) is 0. The molecular weight excluding hydrogens is 813 g/mol. The second kappa shape index (κ2) is 15.1. The van der Waals surface area contributed by atoms with Gasteiger partial charge in [-0.1, -0.05) is 158 Å². The van der Waals surface area contributed by atoms with E-state index in [0.29, 0.717) is 0 Å². The van der Waals surface area contributed by atoms with E-state index in [1.165, 1.54) is 58.0 Å². The van der Waals surface area contributed by atoms with Gasteiger partial charge in [-0.15, -0.1) is 11.3 Å². The number of hydrogen-bond acceptors (Lipinski definition) is 4. The molecule has 0 aliphatic heterocycles. The first-order valence-electron chi connectivity index (χ1n) is 22.0. The maximum absolute atomic E-state index is 6.61. The molecule has 0 saturated heterocycles. The lowest BCUT2D eigenvalue weighted by atomic mass is 9.94. The zero-order chi connectivity index (χ0) is 42.9. The molecule has 0 atom stereocenters. The molecular formula is C59H44N2OSSi. The van der Waals surface area contributed by atoms with Gasteiger partial charge in [0.05, 0.1) is 13.8 Å². The van der Waals surface area contributed by atoms with Crippen molar-refractivity contribution < 1.29 is 4.42 Å². The number of fused-ring (bicyclic) bond motifs is 11. The summed E-state index contributed by atoms with van der Waals surface area (Å²) in [5.41, 5.74) is 10.8. The summed E-state index contributed by atoms with van der Waals surface area (Å²) in [5, 5.41) is 11.4. The average Bonchev–Trinajstić information content (AvgIpc) is 3.92. The van der Waals surface area contributed by atoms with Gasteiger partial charge in [-0.25, -0.2) is 0 Å². The maximum Gasteiger partial charge on any atom is 0.159 e. The third-order valence-corrected chi connectivity index (χ3v) is 16.0. The third-order valence-electron chi connectivity index (χ3n) is 12.8. The van der Waals surface area contributed by atoms with Crippen LogP contribution >= 0.6 is 11.3 Å². The molecule has 0 radical (unpaired) electrons. The number of thiophene rings is 1. The smallest absolute Gasteiger partial charge is 0.159 e. The molecule has 10 aromatic carbocycles. The zero-order valence-corrected chi connectivity index (χ0v) is 37.7. The van der Waals surface area contributed by atoms with E-state index in [-0.39, 0.29) is 0 Å². The van der Waals surface area contributed by atoms with Gasteiger partial charge in [-0.2, -0.15) is 0 Å². The van der Waals surface area contributed by atoms with Crippen molar-refractivity contribution in [1.82, 2.24) is 0 Å². The second-order valence-electron chi connectivity index (χ2n) is 17.7. The number of benzene rings is 10. The van der Waals surface area contributed by atoms with E-state index in [1.54, 1.807) is 0 Å². The third kappa shape index (κ3) is 6.38. The van der Waals surface area contributed by atoms with E-state index in [0.717, 1.165) is 56.1 Å². The van der Waals surface area contributed by atoms with Crippen LogP contribution in [-0.2, 0) is 0 Å². The van der Waals surface area contributed by atoms with E-state index < -0.39 is 8.07 Å². The highest BCUT2D eigenvalue weighted by atomic mass is 32.1. The lowest BCUT2D eigenvalue weighted by Gasteiger charge is -2.26. The maximum atomic E-state index is 6.61. The van der Waals surface area contributed by atoms with Crippen molar-refractivity contribution in [3.63, 3.8) is 0 Å². The van der Waals surface area contributed by atoms with Gasteiger partial charge < -0.3 is 14.2 Å². The summed E-state index contributed by atoms with van der Waals surface area (Å²) in [6, 6.07) is 77.3. The molecule has 64 heavy (non-hydrogen) atoms. The topological polar surface area (TPSA) is 19.6 Å². The fourth-order valence-electron chi connectivity index (χ4n) is 9.61. The Labute approximate surface area is 377 Å². The number of furan rings is 1. The molecule has 0 aliphatic rings. The molecule has 0 fully saturated rings. The van der Waals surface area contributed by atoms with E-state index in [9.17, 15) is 0 Å². The molecule has 2 heterocycles. The predicted molar refractivity (Wildman–Crippen MR) is 279 cm³/mol. The van der Waals surface area contributed by atoms with Crippen molar-refractivity contribution in [2.24, 2.45) is 0 Å². The van der Waals surface area contributed by atoms with Crippen LogP contribution in [0.4, 0.5) is 34.1 Å². The molecule has 12 aromatic rings. The first-order valence-corrected chi connectivity index (χ1v) is 26.3. The Morgan fingerprint density at radius 2 is 0.953 bits per heavy atom. The highest BCUT2D eigenvalue weighted by molar-refractivity contribution is 7.27. The van der Waals surface area contributed by atoms with Crippen LogP contribution in [0, 0.1) is 0 Å². The zero-order valence-electron chi connectivity index (χ0n) is 35.9. The quantitative estimate of drug-likeness (QED) is 0.112. The highest BCUT2D eigenvalue weighted by Crippen LogP contribution is 2.48. The monoisotopic (exact) mass is 856 g/mol. The first-order chi connectivity index (χ1) is 31.4. The minimum Gasteiger partial charge on any atom is -0.454 e. The molecule has 3 nitrogen and oxygen atoms in total. The minimum absolute atomic E-state index is 0.882. The molecule has 0 N–H and O–H groups in total. The summed E-state index contributed by atoms with van der Waals surface area (Å²) >= 11 is 1.89. The van der Waals surface area contributed by atoms with Gasteiger partial charge in [0.1, 0.15) is 5.58 Å². The predicted octanol–water partition coefficient (Wildman–Crippen LogP) is 17.4. The number of para-hydroxylation sites is 4. The van der Waals surface area contributed by atoms with Gasteiger partial charge in [0.2, 0.25) is 0 Å². The fourth-order valence-corrected chi connectivity index (χ4v) is 12.1. The van der Waals surface area contributed by atoms with Gasteiger partial charge in [0, 0.05) is 64.8 Å². The standard InChI is InChI=1S/C59H44N2OSSi/c1-64(2,3)46-33-30-44(31-34-46)60(41-15-6-4-7-16-41)43-28-25-39(26-29-43)40-27-35-51-53(37-40)47-19-10-11-21-49(47)57-52-36-32-45(38-56(52)63-59(51)57)61(42-17-8-5-9-18-42)54-23-14-22-50-48-20-12-13-24-55(48)62-58(50)54/h4-38H,1-3H3. The second-order valence-corrected chi connectivity index (χ2v) is 23.9. The molecule has 12 rings (SSSR count). The van der Waals surface area contributed by atoms with Crippen LogP contribution in [0.25, 0.3) is 74.8 Å². The van der Waals surface area contributed by atoms with Gasteiger partial charge in [-0.3, -0.25) is 0 Å². The molecule has 0 unspecified atom stereocenters. The largest absolute Gasteiger partial charge is 0.454 e. The van der Waals surface area contributed by atoms with Crippen molar-refractivity contribution in [2.45, 2.75) is 19.6 Å². The Hall–Kier alpha value is -7.44. The molecule has 306 valence electrons. The van der Waals surface area contributed by atoms with Crippen molar-refractivity contribution in [1.29, 1.82) is 0 Å². The van der Waals surface area contributed by atoms with E-state index in [4.69, 9.17) is 4.42 Å². The number of hydrogen-bond donors (Lipinski definition) is 0. The van der Waals surface area contributed by atoms with Crippen molar-refractivity contribution in [3.8, 4) is 11.1 Å². The van der Waals surface area contributed by atoms with E-state index in [1.807, 2.05) is 17.4 Å². The summed E-state index contributed by atoms with van der Waals surface area (Å²) in [4.78, 5) is 4.69. The molecule has 0 bridgehead atoms. The molecule has 0 spiro atoms. The SMILES string of the molecule is C[Si](C)(C)c1ccc(N(c2ccccc2)c2ccc(-c3ccc4c(c3)c3ccccc3c3c5ccc(N(c6ccccc6)c6cccc7c6oc6ccccc67)cc5sc43)cc2)cc1. The molecule has 0 amide bonds. The Balaban J connectivity index is 0.967. The summed E-state index contributed by atoms with van der Waals surface area (Å²) in [5.74, 6) is 0. The normalized spacial score (nSPS) is 12.0. The van der Waals surface area contributed by atoms with Crippen LogP contribution in [0.2, 0.25) is 19.6 Å². The summed E-state index contributed by atoms with van der Waals surface area (Å²) < 4.78 is 9.17. The van der Waals surface area contributed by atoms with Gasteiger partial charge in [-0.05, 0) is 106 Å². The van der Waals surface area contributed by atoms with Crippen molar-refractivity contribution in [3.05, 3.63) is 212 Å². The van der Waals surface area contributed by atoms with Crippen molar-refractivity contribution >= 4 is 122 Å². The minimum atomic E-state index is -1.42. The highest BCUT2D eigenvalue weighted by Gasteiger charge is 2.22. The Morgan fingerprint density at radius 3 is 1.67 bits per heavy atom. The molecule has 0 saturated carbocycles. The number of anilines is 6. The van der Waals surface area contributed by atoms with Crippen LogP contribution in [0.15, 0.2) is 217 Å². The first kappa shape index (κ1) is 38.2. The molecule has 5 heteroatoms. The Morgan fingerprint density at radius 1 is 0.391 bits per heavy atom.